The van der Waals surface area contributed by atoms with Gasteiger partial charge in [0.25, 0.3) is 5.56 Å². The fourth-order valence-electron chi connectivity index (χ4n) is 2.58. The zero-order chi connectivity index (χ0) is 17.8. The number of thiazole rings is 1. The number of hydrogen-bond donors (Lipinski definition) is 2. The van der Waals surface area contributed by atoms with Crippen LogP contribution in [0, 0.1) is 0 Å². The minimum Gasteiger partial charge on any atom is -0.375 e. The highest BCUT2D eigenvalue weighted by molar-refractivity contribution is 7.22. The van der Waals surface area contributed by atoms with Crippen molar-refractivity contribution in [3.8, 4) is 11.4 Å². The normalized spacial score (nSPS) is 12.1. The molecular formula is C16H9F3N4OS. The van der Waals surface area contributed by atoms with Crippen LogP contribution in [0.1, 0.15) is 5.56 Å². The van der Waals surface area contributed by atoms with Gasteiger partial charge < -0.3 is 10.7 Å². The van der Waals surface area contributed by atoms with Gasteiger partial charge in [0.15, 0.2) is 5.13 Å². The number of hydrogen-bond acceptors (Lipinski definition) is 5. The van der Waals surface area contributed by atoms with Crippen molar-refractivity contribution in [2.75, 3.05) is 5.73 Å². The maximum absolute atomic E-state index is 12.7. The number of nitrogens with one attached hydrogen (secondary N) is 1. The summed E-state index contributed by atoms with van der Waals surface area (Å²) in [4.78, 5) is 23.6. The predicted octanol–water partition coefficient (Wildman–Crippen LogP) is 3.80. The summed E-state index contributed by atoms with van der Waals surface area (Å²) >= 11 is 1.18. The van der Waals surface area contributed by atoms with Crippen molar-refractivity contribution < 1.29 is 13.2 Å². The first-order valence-electron chi connectivity index (χ1n) is 7.09. The van der Waals surface area contributed by atoms with Crippen LogP contribution in [0.4, 0.5) is 18.3 Å². The summed E-state index contributed by atoms with van der Waals surface area (Å²) in [6.07, 6.45) is -4.42. The summed E-state index contributed by atoms with van der Waals surface area (Å²) in [5, 5.41) is 0.705. The minimum absolute atomic E-state index is 0.197. The van der Waals surface area contributed by atoms with E-state index in [0.29, 0.717) is 31.8 Å². The van der Waals surface area contributed by atoms with Gasteiger partial charge in [-0.1, -0.05) is 23.5 Å². The highest BCUT2D eigenvalue weighted by atomic mass is 32.1. The van der Waals surface area contributed by atoms with E-state index in [0.717, 1.165) is 12.1 Å². The predicted molar refractivity (Wildman–Crippen MR) is 90.4 cm³/mol. The quantitative estimate of drug-likeness (QED) is 0.539. The number of nitrogen functional groups attached to an aromatic ring is 1. The molecule has 0 aliphatic carbocycles. The molecule has 25 heavy (non-hydrogen) atoms. The Morgan fingerprint density at radius 1 is 1.00 bits per heavy atom. The van der Waals surface area contributed by atoms with Crippen molar-refractivity contribution in [3.63, 3.8) is 0 Å². The Bertz CT molecular complexity index is 1160. The number of anilines is 1. The fraction of sp³-hybridized carbons (Fsp3) is 0.0625. The molecule has 3 N–H and O–H groups in total. The largest absolute Gasteiger partial charge is 0.416 e. The first kappa shape index (κ1) is 15.6. The molecule has 0 fully saturated rings. The number of H-pyrrole nitrogens is 1. The second-order valence-electron chi connectivity index (χ2n) is 5.35. The average molecular weight is 362 g/mol. The summed E-state index contributed by atoms with van der Waals surface area (Å²) in [5.74, 6) is 0.197. The molecule has 0 atom stereocenters. The third-order valence-electron chi connectivity index (χ3n) is 3.73. The lowest BCUT2D eigenvalue weighted by Gasteiger charge is -2.08. The van der Waals surface area contributed by atoms with Crippen LogP contribution in [-0.4, -0.2) is 15.0 Å². The van der Waals surface area contributed by atoms with Gasteiger partial charge in [0.05, 0.1) is 26.7 Å². The van der Waals surface area contributed by atoms with Crippen LogP contribution in [-0.2, 0) is 6.18 Å². The van der Waals surface area contributed by atoms with Crippen LogP contribution >= 0.6 is 11.3 Å². The maximum atomic E-state index is 12.7. The van der Waals surface area contributed by atoms with Crippen LogP contribution in [0.5, 0.6) is 0 Å². The van der Waals surface area contributed by atoms with E-state index in [1.807, 2.05) is 0 Å². The fourth-order valence-corrected chi connectivity index (χ4v) is 3.45. The minimum atomic E-state index is -4.42. The average Bonchev–Trinajstić information content (AvgIpc) is 2.94. The summed E-state index contributed by atoms with van der Waals surface area (Å²) in [5.41, 5.74) is 5.94. The Morgan fingerprint density at radius 3 is 2.36 bits per heavy atom. The van der Waals surface area contributed by atoms with Gasteiger partial charge in [-0.2, -0.15) is 13.2 Å². The number of rotatable bonds is 1. The first-order chi connectivity index (χ1) is 11.8. The van der Waals surface area contributed by atoms with Crippen molar-refractivity contribution in [2.45, 2.75) is 6.18 Å². The molecule has 0 saturated carbocycles. The SMILES string of the molecule is Nc1nc2ccc3nc(-c4ccc(C(F)(F)F)cc4)[nH]c(=O)c3c2s1. The highest BCUT2D eigenvalue weighted by Crippen LogP contribution is 2.31. The van der Waals surface area contributed by atoms with E-state index in [1.54, 1.807) is 12.1 Å². The van der Waals surface area contributed by atoms with Gasteiger partial charge >= 0.3 is 6.18 Å². The Balaban J connectivity index is 1.89. The second-order valence-corrected chi connectivity index (χ2v) is 6.38. The Morgan fingerprint density at radius 2 is 1.68 bits per heavy atom. The molecule has 5 nitrogen and oxygen atoms in total. The summed E-state index contributed by atoms with van der Waals surface area (Å²) in [6.45, 7) is 0. The standard InChI is InChI=1S/C16H9F3N4OS/c17-16(18,19)8-3-1-7(2-4-8)13-21-9-5-6-10-12(25-15(20)22-10)11(9)14(24)23-13/h1-6H,(H2,20,22)(H,21,23,24). The van der Waals surface area contributed by atoms with E-state index in [1.165, 1.54) is 23.5 Å². The molecule has 4 rings (SSSR count). The van der Waals surface area contributed by atoms with Crippen LogP contribution in [0.3, 0.4) is 0 Å². The van der Waals surface area contributed by atoms with Gasteiger partial charge in [-0.05, 0) is 24.3 Å². The van der Waals surface area contributed by atoms with E-state index in [-0.39, 0.29) is 5.82 Å². The molecule has 0 spiro atoms. The molecule has 0 amide bonds. The number of fused-ring (bicyclic) bond motifs is 3. The van der Waals surface area contributed by atoms with Crippen molar-refractivity contribution in [1.82, 2.24) is 15.0 Å². The molecular weight excluding hydrogens is 353 g/mol. The smallest absolute Gasteiger partial charge is 0.375 e. The number of halogens is 3. The number of benzene rings is 2. The van der Waals surface area contributed by atoms with E-state index < -0.39 is 17.3 Å². The number of aromatic nitrogens is 3. The molecule has 9 heteroatoms. The van der Waals surface area contributed by atoms with E-state index in [2.05, 4.69) is 15.0 Å². The number of alkyl halides is 3. The third kappa shape index (κ3) is 2.62. The Hall–Kier alpha value is -2.94. The van der Waals surface area contributed by atoms with Crippen molar-refractivity contribution in [1.29, 1.82) is 0 Å². The van der Waals surface area contributed by atoms with Crippen LogP contribution in [0.15, 0.2) is 41.2 Å². The molecule has 0 unspecified atom stereocenters. The second kappa shape index (κ2) is 5.28. The van der Waals surface area contributed by atoms with Crippen molar-refractivity contribution >= 4 is 37.6 Å². The topological polar surface area (TPSA) is 84.7 Å². The van der Waals surface area contributed by atoms with Gasteiger partial charge in [0.1, 0.15) is 5.82 Å². The zero-order valence-corrected chi connectivity index (χ0v) is 13.2. The lowest BCUT2D eigenvalue weighted by molar-refractivity contribution is -0.137. The lowest BCUT2D eigenvalue weighted by Crippen LogP contribution is -2.10. The Kier molecular flexibility index (Phi) is 3.29. The molecule has 0 bridgehead atoms. The summed E-state index contributed by atoms with van der Waals surface area (Å²) in [6, 6.07) is 7.79. The van der Waals surface area contributed by atoms with Crippen LogP contribution in [0.2, 0.25) is 0 Å². The monoisotopic (exact) mass is 362 g/mol. The van der Waals surface area contributed by atoms with Gasteiger partial charge in [-0.3, -0.25) is 4.79 Å². The molecule has 2 aromatic carbocycles. The molecule has 0 aliphatic rings. The van der Waals surface area contributed by atoms with Crippen molar-refractivity contribution in [2.24, 2.45) is 0 Å². The Labute approximate surface area is 142 Å². The van der Waals surface area contributed by atoms with Crippen LogP contribution in [0.25, 0.3) is 32.5 Å². The zero-order valence-electron chi connectivity index (χ0n) is 12.4. The maximum Gasteiger partial charge on any atom is 0.416 e. The highest BCUT2D eigenvalue weighted by Gasteiger charge is 2.30. The first-order valence-corrected chi connectivity index (χ1v) is 7.91. The van der Waals surface area contributed by atoms with Crippen LogP contribution < -0.4 is 11.3 Å². The number of nitrogens with zero attached hydrogens (tertiary/aromatic N) is 2. The molecule has 126 valence electrons. The van der Waals surface area contributed by atoms with Gasteiger partial charge in [0.2, 0.25) is 0 Å². The molecule has 2 aromatic heterocycles. The third-order valence-corrected chi connectivity index (χ3v) is 4.65. The van der Waals surface area contributed by atoms with E-state index in [9.17, 15) is 18.0 Å². The van der Waals surface area contributed by atoms with Gasteiger partial charge in [-0.25, -0.2) is 9.97 Å². The summed E-state index contributed by atoms with van der Waals surface area (Å²) < 4.78 is 38.6. The molecule has 0 saturated heterocycles. The number of aromatic amines is 1. The molecule has 4 aromatic rings. The van der Waals surface area contributed by atoms with Crippen molar-refractivity contribution in [3.05, 3.63) is 52.3 Å². The van der Waals surface area contributed by atoms with Gasteiger partial charge in [0, 0.05) is 5.56 Å². The molecule has 0 radical (unpaired) electrons. The van der Waals surface area contributed by atoms with Gasteiger partial charge in [-0.15, -0.1) is 0 Å². The molecule has 0 aliphatic heterocycles. The number of nitrogens with two attached hydrogens (primary N) is 1. The van der Waals surface area contributed by atoms with E-state index >= 15 is 0 Å². The summed E-state index contributed by atoms with van der Waals surface area (Å²) in [7, 11) is 0. The lowest BCUT2D eigenvalue weighted by atomic mass is 10.1. The van der Waals surface area contributed by atoms with E-state index in [4.69, 9.17) is 5.73 Å². The molecule has 2 heterocycles.